The van der Waals surface area contributed by atoms with Crippen molar-refractivity contribution in [1.82, 2.24) is 5.32 Å². The van der Waals surface area contributed by atoms with Gasteiger partial charge in [-0.05, 0) is 44.9 Å². The van der Waals surface area contributed by atoms with Gasteiger partial charge in [-0.3, -0.25) is 0 Å². The fourth-order valence-corrected chi connectivity index (χ4v) is 2.68. The lowest BCUT2D eigenvalue weighted by Gasteiger charge is -2.20. The second-order valence-electron chi connectivity index (χ2n) is 4.68. The van der Waals surface area contributed by atoms with Gasteiger partial charge in [-0.15, -0.1) is 0 Å². The first kappa shape index (κ1) is 13.0. The van der Waals surface area contributed by atoms with Gasteiger partial charge in [0.1, 0.15) is 0 Å². The summed E-state index contributed by atoms with van der Waals surface area (Å²) in [5.74, 6) is 0. The summed E-state index contributed by atoms with van der Waals surface area (Å²) in [6.07, 6.45) is 3.67. The van der Waals surface area contributed by atoms with Crippen molar-refractivity contribution in [3.8, 4) is 0 Å². The zero-order valence-corrected chi connectivity index (χ0v) is 11.5. The minimum atomic E-state index is 0.390. The lowest BCUT2D eigenvalue weighted by molar-refractivity contribution is 0.523. The van der Waals surface area contributed by atoms with Gasteiger partial charge in [0.05, 0.1) is 15.7 Å². The second kappa shape index (κ2) is 5.94. The third-order valence-corrected chi connectivity index (χ3v) is 3.97. The quantitative estimate of drug-likeness (QED) is 0.868. The van der Waals surface area contributed by atoms with Crippen LogP contribution < -0.4 is 10.6 Å². The average molecular weight is 273 g/mol. The highest BCUT2D eigenvalue weighted by Crippen LogP contribution is 2.30. The molecule has 1 heterocycles. The summed E-state index contributed by atoms with van der Waals surface area (Å²) < 4.78 is 0. The Bertz CT molecular complexity index is 376. The minimum absolute atomic E-state index is 0.390. The monoisotopic (exact) mass is 272 g/mol. The molecule has 2 unspecified atom stereocenters. The smallest absolute Gasteiger partial charge is 0.0823 e. The van der Waals surface area contributed by atoms with Crippen LogP contribution in [-0.2, 0) is 0 Å². The maximum Gasteiger partial charge on any atom is 0.0823 e. The molecule has 1 fully saturated rings. The van der Waals surface area contributed by atoms with E-state index in [1.165, 1.54) is 12.8 Å². The molecule has 2 nitrogen and oxygen atoms in total. The molecule has 2 rings (SSSR count). The molecule has 94 valence electrons. The van der Waals surface area contributed by atoms with E-state index >= 15 is 0 Å². The Kier molecular flexibility index (Phi) is 4.55. The maximum atomic E-state index is 6.14. The largest absolute Gasteiger partial charge is 0.381 e. The molecule has 1 aromatic carbocycles. The molecule has 4 heteroatoms. The summed E-state index contributed by atoms with van der Waals surface area (Å²) in [5, 5.41) is 8.13. The van der Waals surface area contributed by atoms with Gasteiger partial charge in [-0.25, -0.2) is 0 Å². The zero-order chi connectivity index (χ0) is 12.3. The number of anilines is 1. The van der Waals surface area contributed by atoms with E-state index in [2.05, 4.69) is 17.6 Å². The maximum absolute atomic E-state index is 6.14. The summed E-state index contributed by atoms with van der Waals surface area (Å²) in [4.78, 5) is 0. The van der Waals surface area contributed by atoms with Crippen LogP contribution in [0.1, 0.15) is 26.2 Å². The molecule has 1 aliphatic heterocycles. The molecule has 2 atom stereocenters. The summed E-state index contributed by atoms with van der Waals surface area (Å²) in [5.41, 5.74) is 0.921. The van der Waals surface area contributed by atoms with Gasteiger partial charge in [-0.1, -0.05) is 29.3 Å². The molecule has 0 aromatic heterocycles. The van der Waals surface area contributed by atoms with Crippen LogP contribution in [-0.4, -0.2) is 18.6 Å². The van der Waals surface area contributed by atoms with Crippen molar-refractivity contribution in [2.24, 2.45) is 0 Å². The van der Waals surface area contributed by atoms with Gasteiger partial charge >= 0.3 is 0 Å². The molecule has 0 amide bonds. The van der Waals surface area contributed by atoms with Crippen molar-refractivity contribution in [3.63, 3.8) is 0 Å². The first-order valence-electron chi connectivity index (χ1n) is 6.10. The number of hydrogen-bond acceptors (Lipinski definition) is 2. The van der Waals surface area contributed by atoms with Gasteiger partial charge in [0.2, 0.25) is 0 Å². The third-order valence-electron chi connectivity index (χ3n) is 3.15. The Morgan fingerprint density at radius 2 is 2.29 bits per heavy atom. The third kappa shape index (κ3) is 3.51. The number of nitrogens with one attached hydrogen (secondary N) is 2. The molecular formula is C13H18Cl2N2. The first-order valence-corrected chi connectivity index (χ1v) is 6.86. The van der Waals surface area contributed by atoms with Gasteiger partial charge in [-0.2, -0.15) is 0 Å². The molecule has 0 saturated carbocycles. The lowest BCUT2D eigenvalue weighted by Crippen LogP contribution is -2.29. The van der Waals surface area contributed by atoms with Crippen LogP contribution >= 0.6 is 23.2 Å². The van der Waals surface area contributed by atoms with Crippen LogP contribution in [0.3, 0.4) is 0 Å². The first-order chi connectivity index (χ1) is 8.16. The Morgan fingerprint density at radius 1 is 1.47 bits per heavy atom. The topological polar surface area (TPSA) is 24.1 Å². The second-order valence-corrected chi connectivity index (χ2v) is 5.46. The molecule has 0 aliphatic carbocycles. The Balaban J connectivity index is 1.93. The van der Waals surface area contributed by atoms with E-state index in [0.29, 0.717) is 22.1 Å². The van der Waals surface area contributed by atoms with Gasteiger partial charge in [0.15, 0.2) is 0 Å². The van der Waals surface area contributed by atoms with Gasteiger partial charge in [0.25, 0.3) is 0 Å². The Morgan fingerprint density at radius 3 is 3.00 bits per heavy atom. The predicted octanol–water partition coefficient (Wildman–Crippen LogP) is 3.94. The van der Waals surface area contributed by atoms with Crippen LogP contribution in [0.4, 0.5) is 5.69 Å². The number of rotatable bonds is 4. The summed E-state index contributed by atoms with van der Waals surface area (Å²) in [6, 6.07) is 6.71. The average Bonchev–Trinajstić information content (AvgIpc) is 2.77. The van der Waals surface area contributed by atoms with Crippen LogP contribution in [0.25, 0.3) is 0 Å². The number of halogens is 2. The minimum Gasteiger partial charge on any atom is -0.381 e. The summed E-state index contributed by atoms with van der Waals surface area (Å²) in [6.45, 7) is 3.33. The van der Waals surface area contributed by atoms with E-state index in [1.54, 1.807) is 6.07 Å². The molecule has 1 aliphatic rings. The summed E-state index contributed by atoms with van der Waals surface area (Å²) in [7, 11) is 0. The Hall–Kier alpha value is -0.440. The molecule has 1 aromatic rings. The van der Waals surface area contributed by atoms with Crippen molar-refractivity contribution in [3.05, 3.63) is 28.2 Å². The van der Waals surface area contributed by atoms with E-state index in [0.717, 1.165) is 18.7 Å². The zero-order valence-electron chi connectivity index (χ0n) is 9.97. The van der Waals surface area contributed by atoms with E-state index < -0.39 is 0 Å². The predicted molar refractivity (Wildman–Crippen MR) is 75.2 cm³/mol. The fourth-order valence-electron chi connectivity index (χ4n) is 2.32. The van der Waals surface area contributed by atoms with Gasteiger partial charge in [0, 0.05) is 12.1 Å². The number of hydrogen-bond donors (Lipinski definition) is 2. The van der Waals surface area contributed by atoms with Crippen LogP contribution in [0.5, 0.6) is 0 Å². The molecule has 0 spiro atoms. The molecular weight excluding hydrogens is 255 g/mol. The highest BCUT2D eigenvalue weighted by Gasteiger charge is 2.17. The van der Waals surface area contributed by atoms with Crippen LogP contribution in [0.15, 0.2) is 18.2 Å². The van der Waals surface area contributed by atoms with Crippen LogP contribution in [0.2, 0.25) is 10.0 Å². The van der Waals surface area contributed by atoms with Crippen LogP contribution in [0, 0.1) is 0 Å². The van der Waals surface area contributed by atoms with E-state index in [9.17, 15) is 0 Å². The van der Waals surface area contributed by atoms with Crippen molar-refractivity contribution in [2.75, 3.05) is 11.9 Å². The van der Waals surface area contributed by atoms with E-state index in [4.69, 9.17) is 23.2 Å². The van der Waals surface area contributed by atoms with Crippen molar-refractivity contribution in [1.29, 1.82) is 0 Å². The fraction of sp³-hybridized carbons (Fsp3) is 0.538. The SMILES string of the molecule is CC(CC1CCCN1)Nc1cccc(Cl)c1Cl. The highest BCUT2D eigenvalue weighted by atomic mass is 35.5. The standard InChI is InChI=1S/C13H18Cl2N2/c1-9(8-10-4-3-7-16-10)17-12-6-2-5-11(14)13(12)15/h2,5-6,9-10,16-17H,3-4,7-8H2,1H3. The number of benzene rings is 1. The molecule has 1 saturated heterocycles. The van der Waals surface area contributed by atoms with Crippen molar-refractivity contribution < 1.29 is 0 Å². The summed E-state index contributed by atoms with van der Waals surface area (Å²) >= 11 is 12.1. The van der Waals surface area contributed by atoms with E-state index in [1.807, 2.05) is 12.1 Å². The normalized spacial score (nSPS) is 21.5. The highest BCUT2D eigenvalue weighted by molar-refractivity contribution is 6.43. The van der Waals surface area contributed by atoms with Gasteiger partial charge < -0.3 is 10.6 Å². The molecule has 17 heavy (non-hydrogen) atoms. The van der Waals surface area contributed by atoms with Crippen molar-refractivity contribution >= 4 is 28.9 Å². The molecule has 0 bridgehead atoms. The molecule has 2 N–H and O–H groups in total. The van der Waals surface area contributed by atoms with E-state index in [-0.39, 0.29) is 0 Å². The van der Waals surface area contributed by atoms with Crippen molar-refractivity contribution in [2.45, 2.75) is 38.3 Å². The Labute approximate surface area is 113 Å². The molecule has 0 radical (unpaired) electrons. The lowest BCUT2D eigenvalue weighted by atomic mass is 10.1.